The molecule has 0 fully saturated rings. The predicted octanol–water partition coefficient (Wildman–Crippen LogP) is 5.04. The Morgan fingerprint density at radius 3 is 2.70 bits per heavy atom. The zero-order chi connectivity index (χ0) is 13.5. The summed E-state index contributed by atoms with van der Waals surface area (Å²) in [5.74, 6) is 0. The average Bonchev–Trinajstić information content (AvgIpc) is 2.85. The van der Waals surface area contributed by atoms with Crippen LogP contribution in [-0.4, -0.2) is 9.97 Å². The van der Waals surface area contributed by atoms with Crippen molar-refractivity contribution in [1.82, 2.24) is 9.97 Å². The molecule has 2 nitrogen and oxygen atoms in total. The second-order valence-electron chi connectivity index (χ2n) is 4.81. The molecule has 0 amide bonds. The van der Waals surface area contributed by atoms with Crippen LogP contribution in [0.15, 0.2) is 60.8 Å². The second kappa shape index (κ2) is 4.36. The fourth-order valence-corrected chi connectivity index (χ4v) is 2.81. The van der Waals surface area contributed by atoms with Crippen molar-refractivity contribution >= 4 is 33.4 Å². The summed E-state index contributed by atoms with van der Waals surface area (Å²) in [5, 5.41) is 4.11. The van der Waals surface area contributed by atoms with Crippen molar-refractivity contribution in [3.63, 3.8) is 0 Å². The lowest BCUT2D eigenvalue weighted by atomic mass is 9.99. The van der Waals surface area contributed by atoms with E-state index in [-0.39, 0.29) is 0 Å². The average molecular weight is 279 g/mol. The van der Waals surface area contributed by atoms with Crippen molar-refractivity contribution in [2.24, 2.45) is 0 Å². The Labute approximate surface area is 121 Å². The fraction of sp³-hybridized carbons (Fsp3) is 0. The van der Waals surface area contributed by atoms with Gasteiger partial charge in [-0.15, -0.1) is 0 Å². The number of hydrogen-bond donors (Lipinski definition) is 1. The molecule has 0 radical (unpaired) electrons. The molecule has 0 spiro atoms. The zero-order valence-electron chi connectivity index (χ0n) is 10.6. The van der Waals surface area contributed by atoms with Gasteiger partial charge in [0.25, 0.3) is 0 Å². The predicted molar refractivity (Wildman–Crippen MR) is 84.0 cm³/mol. The van der Waals surface area contributed by atoms with Crippen molar-refractivity contribution < 1.29 is 0 Å². The van der Waals surface area contributed by atoms with Crippen LogP contribution in [0.25, 0.3) is 32.9 Å². The van der Waals surface area contributed by atoms with Gasteiger partial charge in [-0.2, -0.15) is 0 Å². The first-order valence-electron chi connectivity index (χ1n) is 6.44. The third-order valence-electron chi connectivity index (χ3n) is 3.54. The van der Waals surface area contributed by atoms with Gasteiger partial charge in [0.15, 0.2) is 0 Å². The highest BCUT2D eigenvalue weighted by atomic mass is 35.5. The number of halogens is 1. The van der Waals surface area contributed by atoms with E-state index in [0.29, 0.717) is 5.15 Å². The highest BCUT2D eigenvalue weighted by molar-refractivity contribution is 6.30. The standard InChI is InChI=1S/C17H11ClN2/c18-16-9-12-8-13(10-19-17(12)20-16)15-7-3-5-11-4-1-2-6-14(11)15/h1-10H,(H,19,20). The van der Waals surface area contributed by atoms with Gasteiger partial charge in [-0.05, 0) is 28.5 Å². The maximum atomic E-state index is 5.98. The number of benzene rings is 2. The number of rotatable bonds is 1. The first-order chi connectivity index (χ1) is 9.81. The van der Waals surface area contributed by atoms with Crippen LogP contribution in [0.4, 0.5) is 0 Å². The van der Waals surface area contributed by atoms with Gasteiger partial charge in [-0.25, -0.2) is 4.98 Å². The molecule has 1 N–H and O–H groups in total. The first-order valence-corrected chi connectivity index (χ1v) is 6.81. The molecule has 3 heteroatoms. The molecule has 0 aliphatic carbocycles. The van der Waals surface area contributed by atoms with Gasteiger partial charge in [-0.3, -0.25) is 0 Å². The molecule has 2 aromatic heterocycles. The Bertz CT molecular complexity index is 919. The van der Waals surface area contributed by atoms with Crippen molar-refractivity contribution in [1.29, 1.82) is 0 Å². The molecule has 2 aromatic carbocycles. The van der Waals surface area contributed by atoms with Crippen LogP contribution in [0.1, 0.15) is 0 Å². The summed E-state index contributed by atoms with van der Waals surface area (Å²) in [4.78, 5) is 7.47. The van der Waals surface area contributed by atoms with Crippen LogP contribution in [-0.2, 0) is 0 Å². The van der Waals surface area contributed by atoms with Crippen molar-refractivity contribution in [2.75, 3.05) is 0 Å². The number of nitrogens with one attached hydrogen (secondary N) is 1. The van der Waals surface area contributed by atoms with E-state index in [2.05, 4.69) is 58.5 Å². The summed E-state index contributed by atoms with van der Waals surface area (Å²) in [6.07, 6.45) is 1.89. The molecule has 0 atom stereocenters. The number of pyridine rings is 1. The van der Waals surface area contributed by atoms with Crippen LogP contribution in [0.2, 0.25) is 5.15 Å². The maximum Gasteiger partial charge on any atom is 0.138 e. The van der Waals surface area contributed by atoms with Gasteiger partial charge in [0.1, 0.15) is 10.8 Å². The molecular weight excluding hydrogens is 268 g/mol. The van der Waals surface area contributed by atoms with E-state index in [1.165, 1.54) is 16.3 Å². The van der Waals surface area contributed by atoms with Crippen molar-refractivity contribution in [2.45, 2.75) is 0 Å². The number of hydrogen-bond acceptors (Lipinski definition) is 1. The minimum absolute atomic E-state index is 0.613. The highest BCUT2D eigenvalue weighted by Crippen LogP contribution is 2.30. The fourth-order valence-electron chi connectivity index (χ4n) is 2.61. The molecule has 4 aromatic rings. The number of H-pyrrole nitrogens is 1. The monoisotopic (exact) mass is 278 g/mol. The molecular formula is C17H11ClN2. The Morgan fingerprint density at radius 2 is 1.75 bits per heavy atom. The van der Waals surface area contributed by atoms with Gasteiger partial charge in [-0.1, -0.05) is 54.1 Å². The molecule has 20 heavy (non-hydrogen) atoms. The molecule has 0 saturated heterocycles. The summed E-state index contributed by atoms with van der Waals surface area (Å²) < 4.78 is 0. The van der Waals surface area contributed by atoms with Gasteiger partial charge in [0.05, 0.1) is 0 Å². The number of aromatic amines is 1. The van der Waals surface area contributed by atoms with Gasteiger partial charge in [0, 0.05) is 17.1 Å². The molecule has 0 aliphatic heterocycles. The third-order valence-corrected chi connectivity index (χ3v) is 3.74. The quantitative estimate of drug-likeness (QED) is 0.519. The number of nitrogens with zero attached hydrogens (tertiary/aromatic N) is 1. The Hall–Kier alpha value is -2.32. The summed E-state index contributed by atoms with van der Waals surface area (Å²) in [5.41, 5.74) is 3.11. The van der Waals surface area contributed by atoms with E-state index in [1.54, 1.807) is 0 Å². The molecule has 2 heterocycles. The Kier molecular flexibility index (Phi) is 2.51. The molecule has 0 unspecified atom stereocenters. The zero-order valence-corrected chi connectivity index (χ0v) is 11.4. The lowest BCUT2D eigenvalue weighted by Gasteiger charge is -2.06. The lowest BCUT2D eigenvalue weighted by molar-refractivity contribution is 1.33. The third kappa shape index (κ3) is 1.77. The van der Waals surface area contributed by atoms with Gasteiger partial charge in [0.2, 0.25) is 0 Å². The minimum Gasteiger partial charge on any atom is -0.330 e. The molecule has 4 rings (SSSR count). The molecule has 96 valence electrons. The van der Waals surface area contributed by atoms with Crippen molar-refractivity contribution in [3.05, 3.63) is 65.9 Å². The minimum atomic E-state index is 0.613. The van der Waals surface area contributed by atoms with Crippen LogP contribution >= 0.6 is 11.6 Å². The van der Waals surface area contributed by atoms with E-state index >= 15 is 0 Å². The SMILES string of the molecule is Clc1cc2cc(-c3cccc4ccccc34)cnc2[nH]1. The van der Waals surface area contributed by atoms with E-state index in [1.807, 2.05) is 12.3 Å². The number of fused-ring (bicyclic) bond motifs is 2. The maximum absolute atomic E-state index is 5.98. The first kappa shape index (κ1) is 11.5. The highest BCUT2D eigenvalue weighted by Gasteiger charge is 2.06. The van der Waals surface area contributed by atoms with E-state index in [4.69, 9.17) is 11.6 Å². The number of aromatic nitrogens is 2. The topological polar surface area (TPSA) is 28.7 Å². The second-order valence-corrected chi connectivity index (χ2v) is 5.21. The summed E-state index contributed by atoms with van der Waals surface area (Å²) in [7, 11) is 0. The van der Waals surface area contributed by atoms with E-state index < -0.39 is 0 Å². The van der Waals surface area contributed by atoms with Crippen LogP contribution < -0.4 is 0 Å². The molecule has 0 bridgehead atoms. The van der Waals surface area contributed by atoms with E-state index in [0.717, 1.165) is 16.6 Å². The lowest BCUT2D eigenvalue weighted by Crippen LogP contribution is -1.83. The summed E-state index contributed by atoms with van der Waals surface area (Å²) in [6, 6.07) is 18.7. The van der Waals surface area contributed by atoms with Crippen molar-refractivity contribution in [3.8, 4) is 11.1 Å². The van der Waals surface area contributed by atoms with Gasteiger partial charge < -0.3 is 4.98 Å². The molecule has 0 aliphatic rings. The summed E-state index contributed by atoms with van der Waals surface area (Å²) in [6.45, 7) is 0. The van der Waals surface area contributed by atoms with Crippen LogP contribution in [0.5, 0.6) is 0 Å². The Morgan fingerprint density at radius 1 is 0.900 bits per heavy atom. The smallest absolute Gasteiger partial charge is 0.138 e. The largest absolute Gasteiger partial charge is 0.330 e. The summed E-state index contributed by atoms with van der Waals surface area (Å²) >= 11 is 5.98. The van der Waals surface area contributed by atoms with E-state index in [9.17, 15) is 0 Å². The normalized spacial score (nSPS) is 11.2. The Balaban J connectivity index is 2.00. The van der Waals surface area contributed by atoms with Crippen LogP contribution in [0, 0.1) is 0 Å². The van der Waals surface area contributed by atoms with Gasteiger partial charge >= 0.3 is 0 Å². The van der Waals surface area contributed by atoms with Crippen LogP contribution in [0.3, 0.4) is 0 Å². The molecule has 0 saturated carbocycles.